The maximum Gasteiger partial charge on any atom is 0.131 e. The number of rotatable bonds is 6. The number of hydrogen-bond acceptors (Lipinski definition) is 3. The SMILES string of the molecule is CC(=O)CCN(C)C[C@@H]1CCCN1C(C)C. The van der Waals surface area contributed by atoms with Crippen molar-refractivity contribution in [3.05, 3.63) is 0 Å². The van der Waals surface area contributed by atoms with Crippen molar-refractivity contribution in [3.63, 3.8) is 0 Å². The van der Waals surface area contributed by atoms with E-state index >= 15 is 0 Å². The minimum Gasteiger partial charge on any atom is -0.304 e. The number of likely N-dealkylation sites (tertiary alicyclic amines) is 1. The molecule has 0 aromatic heterocycles. The predicted molar refractivity (Wildman–Crippen MR) is 67.7 cm³/mol. The Morgan fingerprint density at radius 1 is 1.50 bits per heavy atom. The Labute approximate surface area is 99.8 Å². The first-order valence-corrected chi connectivity index (χ1v) is 6.44. The van der Waals surface area contributed by atoms with Crippen molar-refractivity contribution in [3.8, 4) is 0 Å². The zero-order chi connectivity index (χ0) is 12.1. The van der Waals surface area contributed by atoms with Crippen molar-refractivity contribution >= 4 is 5.78 Å². The van der Waals surface area contributed by atoms with Gasteiger partial charge >= 0.3 is 0 Å². The second kappa shape index (κ2) is 6.36. The molecule has 1 saturated heterocycles. The number of carbonyl (C=O) groups excluding carboxylic acids is 1. The van der Waals surface area contributed by atoms with E-state index in [1.807, 2.05) is 0 Å². The average Bonchev–Trinajstić information content (AvgIpc) is 2.62. The maximum absolute atomic E-state index is 10.9. The number of nitrogens with zero attached hydrogens (tertiary/aromatic N) is 2. The second-order valence-electron chi connectivity index (χ2n) is 5.34. The van der Waals surface area contributed by atoms with Crippen molar-refractivity contribution < 1.29 is 4.79 Å². The normalized spacial score (nSPS) is 22.2. The largest absolute Gasteiger partial charge is 0.304 e. The van der Waals surface area contributed by atoms with E-state index in [2.05, 4.69) is 30.7 Å². The van der Waals surface area contributed by atoms with Crippen LogP contribution in [-0.2, 0) is 4.79 Å². The molecule has 1 fully saturated rings. The highest BCUT2D eigenvalue weighted by molar-refractivity contribution is 5.75. The molecule has 1 rings (SSSR count). The number of likely N-dealkylation sites (N-methyl/N-ethyl adjacent to an activating group) is 1. The lowest BCUT2D eigenvalue weighted by atomic mass is 10.2. The topological polar surface area (TPSA) is 23.6 Å². The van der Waals surface area contributed by atoms with E-state index in [9.17, 15) is 4.79 Å². The smallest absolute Gasteiger partial charge is 0.131 e. The van der Waals surface area contributed by atoms with Crippen molar-refractivity contribution in [1.29, 1.82) is 0 Å². The van der Waals surface area contributed by atoms with E-state index in [1.54, 1.807) is 6.92 Å². The fourth-order valence-electron chi connectivity index (χ4n) is 2.53. The third-order valence-electron chi connectivity index (χ3n) is 3.45. The van der Waals surface area contributed by atoms with Gasteiger partial charge in [-0.2, -0.15) is 0 Å². The van der Waals surface area contributed by atoms with Crippen LogP contribution in [-0.4, -0.2) is 54.3 Å². The van der Waals surface area contributed by atoms with E-state index in [0.29, 0.717) is 24.3 Å². The molecule has 1 heterocycles. The lowest BCUT2D eigenvalue weighted by molar-refractivity contribution is -0.117. The molecule has 0 aromatic carbocycles. The summed E-state index contributed by atoms with van der Waals surface area (Å²) in [6.45, 7) is 9.46. The summed E-state index contributed by atoms with van der Waals surface area (Å²) in [5.41, 5.74) is 0. The summed E-state index contributed by atoms with van der Waals surface area (Å²) < 4.78 is 0. The maximum atomic E-state index is 10.9. The lowest BCUT2D eigenvalue weighted by Gasteiger charge is -2.31. The molecular formula is C13H26N2O. The molecule has 94 valence electrons. The van der Waals surface area contributed by atoms with Crippen LogP contribution >= 0.6 is 0 Å². The van der Waals surface area contributed by atoms with E-state index in [0.717, 1.165) is 13.1 Å². The van der Waals surface area contributed by atoms with Crippen LogP contribution in [0.3, 0.4) is 0 Å². The van der Waals surface area contributed by atoms with Crippen molar-refractivity contribution in [2.24, 2.45) is 0 Å². The van der Waals surface area contributed by atoms with Crippen LogP contribution in [0.5, 0.6) is 0 Å². The molecule has 0 N–H and O–H groups in total. The third kappa shape index (κ3) is 4.22. The van der Waals surface area contributed by atoms with Crippen LogP contribution in [0.2, 0.25) is 0 Å². The van der Waals surface area contributed by atoms with E-state index in [1.165, 1.54) is 19.4 Å². The van der Waals surface area contributed by atoms with Gasteiger partial charge in [-0.3, -0.25) is 9.69 Å². The summed E-state index contributed by atoms with van der Waals surface area (Å²) >= 11 is 0. The molecular weight excluding hydrogens is 200 g/mol. The molecule has 1 aliphatic rings. The molecule has 0 aromatic rings. The van der Waals surface area contributed by atoms with Crippen LogP contribution in [0, 0.1) is 0 Å². The minimum atomic E-state index is 0.291. The summed E-state index contributed by atoms with van der Waals surface area (Å²) in [6, 6.07) is 1.34. The van der Waals surface area contributed by atoms with Gasteiger partial charge in [-0.05, 0) is 47.2 Å². The molecule has 0 saturated carbocycles. The zero-order valence-electron chi connectivity index (χ0n) is 11.2. The Hall–Kier alpha value is -0.410. The Balaban J connectivity index is 2.32. The summed E-state index contributed by atoms with van der Waals surface area (Å²) in [5, 5.41) is 0. The Morgan fingerprint density at radius 3 is 2.75 bits per heavy atom. The van der Waals surface area contributed by atoms with Crippen LogP contribution in [0.1, 0.15) is 40.0 Å². The highest BCUT2D eigenvalue weighted by Crippen LogP contribution is 2.20. The van der Waals surface area contributed by atoms with Gasteiger partial charge in [-0.25, -0.2) is 0 Å². The highest BCUT2D eigenvalue weighted by atomic mass is 16.1. The molecule has 16 heavy (non-hydrogen) atoms. The first-order chi connectivity index (χ1) is 7.50. The fourth-order valence-corrected chi connectivity index (χ4v) is 2.53. The number of Topliss-reactive ketones (excluding diaryl/α,β-unsaturated/α-hetero) is 1. The van der Waals surface area contributed by atoms with Gasteiger partial charge in [0.05, 0.1) is 0 Å². The van der Waals surface area contributed by atoms with Crippen molar-refractivity contribution in [2.45, 2.75) is 52.1 Å². The van der Waals surface area contributed by atoms with Gasteiger partial charge in [0, 0.05) is 31.6 Å². The van der Waals surface area contributed by atoms with Gasteiger partial charge in [0.1, 0.15) is 5.78 Å². The predicted octanol–water partition coefficient (Wildman–Crippen LogP) is 1.77. The molecule has 1 aliphatic heterocycles. The fraction of sp³-hybridized carbons (Fsp3) is 0.923. The zero-order valence-corrected chi connectivity index (χ0v) is 11.2. The van der Waals surface area contributed by atoms with Crippen molar-refractivity contribution in [1.82, 2.24) is 9.80 Å². The van der Waals surface area contributed by atoms with E-state index in [-0.39, 0.29) is 0 Å². The van der Waals surface area contributed by atoms with Gasteiger partial charge in [-0.15, -0.1) is 0 Å². The van der Waals surface area contributed by atoms with Crippen LogP contribution in [0.4, 0.5) is 0 Å². The van der Waals surface area contributed by atoms with E-state index in [4.69, 9.17) is 0 Å². The first kappa shape index (κ1) is 13.7. The van der Waals surface area contributed by atoms with Gasteiger partial charge in [0.15, 0.2) is 0 Å². The Kier molecular flexibility index (Phi) is 5.42. The molecule has 1 atom stereocenters. The minimum absolute atomic E-state index is 0.291. The molecule has 0 aliphatic carbocycles. The molecule has 0 radical (unpaired) electrons. The number of ketones is 1. The van der Waals surface area contributed by atoms with Gasteiger partial charge in [0.2, 0.25) is 0 Å². The molecule has 0 spiro atoms. The molecule has 0 amide bonds. The molecule has 3 heteroatoms. The Bertz CT molecular complexity index is 228. The Morgan fingerprint density at radius 2 is 2.19 bits per heavy atom. The lowest BCUT2D eigenvalue weighted by Crippen LogP contribution is -2.42. The monoisotopic (exact) mass is 226 g/mol. The quantitative estimate of drug-likeness (QED) is 0.689. The van der Waals surface area contributed by atoms with Crippen LogP contribution in [0.15, 0.2) is 0 Å². The van der Waals surface area contributed by atoms with Gasteiger partial charge in [0.25, 0.3) is 0 Å². The summed E-state index contributed by atoms with van der Waals surface area (Å²) in [7, 11) is 2.12. The second-order valence-corrected chi connectivity index (χ2v) is 5.34. The molecule has 3 nitrogen and oxygen atoms in total. The summed E-state index contributed by atoms with van der Waals surface area (Å²) in [6.07, 6.45) is 3.32. The first-order valence-electron chi connectivity index (χ1n) is 6.44. The van der Waals surface area contributed by atoms with Crippen molar-refractivity contribution in [2.75, 3.05) is 26.7 Å². The number of carbonyl (C=O) groups is 1. The third-order valence-corrected chi connectivity index (χ3v) is 3.45. The standard InChI is InChI=1S/C13H26N2O/c1-11(2)15-8-5-6-13(15)10-14(4)9-7-12(3)16/h11,13H,5-10H2,1-4H3/t13-/m0/s1. The van der Waals surface area contributed by atoms with Crippen LogP contribution in [0.25, 0.3) is 0 Å². The van der Waals surface area contributed by atoms with Crippen LogP contribution < -0.4 is 0 Å². The average molecular weight is 226 g/mol. The molecule has 0 bridgehead atoms. The summed E-state index contributed by atoms with van der Waals surface area (Å²) in [4.78, 5) is 15.8. The van der Waals surface area contributed by atoms with Gasteiger partial charge < -0.3 is 4.90 Å². The highest BCUT2D eigenvalue weighted by Gasteiger charge is 2.27. The summed E-state index contributed by atoms with van der Waals surface area (Å²) in [5.74, 6) is 0.291. The number of hydrogen-bond donors (Lipinski definition) is 0. The molecule has 0 unspecified atom stereocenters. The van der Waals surface area contributed by atoms with Gasteiger partial charge in [-0.1, -0.05) is 0 Å². The van der Waals surface area contributed by atoms with E-state index < -0.39 is 0 Å².